The highest BCUT2D eigenvalue weighted by Gasteiger charge is 2.21. The molecule has 3 aromatic rings. The van der Waals surface area contributed by atoms with Gasteiger partial charge in [-0.25, -0.2) is 0 Å². The van der Waals surface area contributed by atoms with E-state index in [-0.39, 0.29) is 0 Å². The van der Waals surface area contributed by atoms with Gasteiger partial charge in [-0.1, -0.05) is 11.6 Å². The Labute approximate surface area is 152 Å². The summed E-state index contributed by atoms with van der Waals surface area (Å²) in [4.78, 5) is 4.41. The van der Waals surface area contributed by atoms with E-state index >= 15 is 0 Å². The van der Waals surface area contributed by atoms with E-state index in [0.29, 0.717) is 12.1 Å². The van der Waals surface area contributed by atoms with Gasteiger partial charge in [0.25, 0.3) is 0 Å². The number of fused-ring (bicyclic) bond motifs is 1. The fourth-order valence-corrected chi connectivity index (χ4v) is 3.73. The molecule has 0 radical (unpaired) electrons. The molecule has 1 saturated carbocycles. The summed E-state index contributed by atoms with van der Waals surface area (Å²) >= 11 is 6.07. The third-order valence-corrected chi connectivity index (χ3v) is 5.17. The van der Waals surface area contributed by atoms with Crippen molar-refractivity contribution in [2.24, 2.45) is 0 Å². The molecule has 0 bridgehead atoms. The fraction of sp³-hybridized carbons (Fsp3) is 0.350. The molecule has 0 atom stereocenters. The molecule has 1 aromatic carbocycles. The zero-order chi connectivity index (χ0) is 17.1. The van der Waals surface area contributed by atoms with E-state index in [1.165, 1.54) is 12.8 Å². The number of anilines is 1. The molecule has 130 valence electrons. The molecule has 4 rings (SSSR count). The molecule has 2 aromatic heterocycles. The Kier molecular flexibility index (Phi) is 4.90. The van der Waals surface area contributed by atoms with Crippen LogP contribution < -0.4 is 10.6 Å². The van der Waals surface area contributed by atoms with Gasteiger partial charge in [-0.3, -0.25) is 4.98 Å². The maximum absolute atomic E-state index is 6.07. The topological polar surface area (TPSA) is 50.1 Å². The van der Waals surface area contributed by atoms with Crippen molar-refractivity contribution in [3.8, 4) is 0 Å². The first kappa shape index (κ1) is 16.4. The predicted molar refractivity (Wildman–Crippen MR) is 102 cm³/mol. The Bertz CT molecular complexity index is 826. The molecule has 1 aliphatic carbocycles. The number of benzene rings is 1. The quantitative estimate of drug-likeness (QED) is 0.676. The average Bonchev–Trinajstić information content (AvgIpc) is 3.15. The smallest absolute Gasteiger partial charge is 0.117 e. The second-order valence-corrected chi connectivity index (χ2v) is 7.11. The van der Waals surface area contributed by atoms with Crippen molar-refractivity contribution in [2.45, 2.75) is 44.3 Å². The second kappa shape index (κ2) is 7.46. The lowest BCUT2D eigenvalue weighted by atomic mass is 9.91. The minimum absolute atomic E-state index is 0.503. The highest BCUT2D eigenvalue weighted by atomic mass is 35.5. The molecule has 2 heterocycles. The van der Waals surface area contributed by atoms with Crippen LogP contribution >= 0.6 is 11.6 Å². The molecule has 0 saturated heterocycles. The first-order valence-corrected chi connectivity index (χ1v) is 9.22. The number of nitrogens with one attached hydrogen (secondary N) is 2. The van der Waals surface area contributed by atoms with Crippen LogP contribution in [0.4, 0.5) is 5.69 Å². The predicted octanol–water partition coefficient (Wildman–Crippen LogP) is 4.99. The average molecular weight is 356 g/mol. The summed E-state index contributed by atoms with van der Waals surface area (Å²) < 4.78 is 5.38. The van der Waals surface area contributed by atoms with Crippen LogP contribution in [-0.4, -0.2) is 17.1 Å². The molecule has 1 aliphatic rings. The van der Waals surface area contributed by atoms with Crippen LogP contribution in [0, 0.1) is 0 Å². The van der Waals surface area contributed by atoms with Crippen molar-refractivity contribution < 1.29 is 4.42 Å². The van der Waals surface area contributed by atoms with Crippen molar-refractivity contribution in [2.75, 3.05) is 5.32 Å². The molecule has 1 fully saturated rings. The van der Waals surface area contributed by atoms with Crippen LogP contribution in [0.15, 0.2) is 53.3 Å². The third-order valence-electron chi connectivity index (χ3n) is 4.94. The molecule has 4 nitrogen and oxygen atoms in total. The van der Waals surface area contributed by atoms with Crippen molar-refractivity contribution in [1.29, 1.82) is 0 Å². The molecule has 0 amide bonds. The van der Waals surface area contributed by atoms with Gasteiger partial charge in [0.05, 0.1) is 18.3 Å². The summed E-state index contributed by atoms with van der Waals surface area (Å²) in [7, 11) is 0. The van der Waals surface area contributed by atoms with Gasteiger partial charge < -0.3 is 15.1 Å². The highest BCUT2D eigenvalue weighted by molar-refractivity contribution is 6.31. The minimum atomic E-state index is 0.503. The largest absolute Gasteiger partial charge is 0.468 e. The number of pyridine rings is 1. The molecule has 25 heavy (non-hydrogen) atoms. The normalized spacial score (nSPS) is 20.7. The van der Waals surface area contributed by atoms with E-state index < -0.39 is 0 Å². The molecule has 0 unspecified atom stereocenters. The molecule has 0 spiro atoms. The summed E-state index contributed by atoms with van der Waals surface area (Å²) in [6.45, 7) is 0.811. The number of hydrogen-bond acceptors (Lipinski definition) is 4. The summed E-state index contributed by atoms with van der Waals surface area (Å²) in [5.74, 6) is 1.00. The van der Waals surface area contributed by atoms with Crippen LogP contribution in [0.5, 0.6) is 0 Å². The summed E-state index contributed by atoms with van der Waals surface area (Å²) in [5, 5.41) is 9.15. The Morgan fingerprint density at radius 2 is 1.92 bits per heavy atom. The van der Waals surface area contributed by atoms with Crippen LogP contribution in [0.2, 0.25) is 5.02 Å². The number of furan rings is 1. The van der Waals surface area contributed by atoms with Gasteiger partial charge in [-0.05, 0) is 62.1 Å². The van der Waals surface area contributed by atoms with Crippen LogP contribution in [-0.2, 0) is 6.54 Å². The maximum atomic E-state index is 6.07. The Hall–Kier alpha value is -2.04. The van der Waals surface area contributed by atoms with Crippen molar-refractivity contribution in [3.63, 3.8) is 0 Å². The molecular weight excluding hydrogens is 334 g/mol. The van der Waals surface area contributed by atoms with E-state index in [9.17, 15) is 0 Å². The number of halogens is 1. The van der Waals surface area contributed by atoms with Crippen LogP contribution in [0.25, 0.3) is 10.9 Å². The van der Waals surface area contributed by atoms with Gasteiger partial charge in [-0.15, -0.1) is 0 Å². The van der Waals surface area contributed by atoms with Crippen LogP contribution in [0.3, 0.4) is 0 Å². The zero-order valence-electron chi connectivity index (χ0n) is 14.0. The molecule has 5 heteroatoms. The van der Waals surface area contributed by atoms with Gasteiger partial charge in [0, 0.05) is 34.4 Å². The highest BCUT2D eigenvalue weighted by Crippen LogP contribution is 2.28. The summed E-state index contributed by atoms with van der Waals surface area (Å²) in [5.41, 5.74) is 2.08. The minimum Gasteiger partial charge on any atom is -0.468 e. The van der Waals surface area contributed by atoms with Crippen molar-refractivity contribution >= 4 is 28.2 Å². The van der Waals surface area contributed by atoms with Gasteiger partial charge in [0.1, 0.15) is 5.76 Å². The monoisotopic (exact) mass is 355 g/mol. The second-order valence-electron chi connectivity index (χ2n) is 6.67. The lowest BCUT2D eigenvalue weighted by molar-refractivity contribution is 0.341. The van der Waals surface area contributed by atoms with Gasteiger partial charge in [0.15, 0.2) is 0 Å². The van der Waals surface area contributed by atoms with Gasteiger partial charge in [0.2, 0.25) is 0 Å². The van der Waals surface area contributed by atoms with E-state index in [4.69, 9.17) is 16.0 Å². The van der Waals surface area contributed by atoms with E-state index in [1.807, 2.05) is 36.5 Å². The third kappa shape index (κ3) is 3.97. The maximum Gasteiger partial charge on any atom is 0.117 e. The Morgan fingerprint density at radius 1 is 1.08 bits per heavy atom. The molecular formula is C20H22ClN3O. The van der Waals surface area contributed by atoms with Crippen molar-refractivity contribution in [1.82, 2.24) is 10.3 Å². The first-order chi connectivity index (χ1) is 12.3. The SMILES string of the molecule is Clc1ccc2c(N[C@H]3CC[C@@H](NCc4ccco4)CC3)ccnc2c1. The van der Waals surface area contributed by atoms with Gasteiger partial charge in [-0.2, -0.15) is 0 Å². The van der Waals surface area contributed by atoms with Crippen molar-refractivity contribution in [3.05, 3.63) is 59.6 Å². The van der Waals surface area contributed by atoms with Crippen LogP contribution in [0.1, 0.15) is 31.4 Å². The molecule has 0 aliphatic heterocycles. The Morgan fingerprint density at radius 3 is 2.72 bits per heavy atom. The fourth-order valence-electron chi connectivity index (χ4n) is 3.57. The van der Waals surface area contributed by atoms with E-state index in [1.54, 1.807) is 6.26 Å². The summed E-state index contributed by atoms with van der Waals surface area (Å²) in [6.07, 6.45) is 8.24. The number of hydrogen-bond donors (Lipinski definition) is 2. The number of rotatable bonds is 5. The summed E-state index contributed by atoms with van der Waals surface area (Å²) in [6, 6.07) is 13.0. The first-order valence-electron chi connectivity index (χ1n) is 8.84. The standard InChI is InChI=1S/C20H22ClN3O/c21-14-3-8-18-19(9-10-22-20(18)12-14)24-16-6-4-15(5-7-16)23-13-17-2-1-11-25-17/h1-3,8-12,15-16,23H,4-7,13H2,(H,22,24)/t15-,16+. The number of nitrogens with zero attached hydrogens (tertiary/aromatic N) is 1. The molecule has 2 N–H and O–H groups in total. The van der Waals surface area contributed by atoms with E-state index in [0.717, 1.165) is 46.8 Å². The van der Waals surface area contributed by atoms with E-state index in [2.05, 4.69) is 21.7 Å². The zero-order valence-corrected chi connectivity index (χ0v) is 14.8. The Balaban J connectivity index is 1.34. The lowest BCUT2D eigenvalue weighted by Gasteiger charge is -2.30. The number of aromatic nitrogens is 1. The van der Waals surface area contributed by atoms with Gasteiger partial charge >= 0.3 is 0 Å². The lowest BCUT2D eigenvalue weighted by Crippen LogP contribution is -2.36.